The number of carbonyl (C=O) groups is 3. The number of amides is 1. The molecule has 0 saturated carbocycles. The van der Waals surface area contributed by atoms with Gasteiger partial charge in [-0.3, -0.25) is 9.59 Å². The lowest BCUT2D eigenvalue weighted by molar-refractivity contribution is -0.147. The van der Waals surface area contributed by atoms with Crippen molar-refractivity contribution in [3.05, 3.63) is 23.8 Å². The van der Waals surface area contributed by atoms with Gasteiger partial charge in [-0.05, 0) is 6.07 Å². The fraction of sp³-hybridized carbons (Fsp3) is 0.357. The molecule has 8 heteroatoms. The molecule has 0 fully saturated rings. The largest absolute Gasteiger partial charge is 0.497 e. The molecule has 0 spiro atoms. The van der Waals surface area contributed by atoms with Crippen LogP contribution in [-0.4, -0.2) is 48.3 Å². The SMILES string of the molecule is COc1ccc(CC(=O)NC(CC(=O)O)C(=O)O)c(OC)c1. The van der Waals surface area contributed by atoms with E-state index in [1.165, 1.54) is 14.2 Å². The molecule has 0 bridgehead atoms. The number of carboxylic acid groups (broad SMARTS) is 2. The van der Waals surface area contributed by atoms with E-state index in [1.54, 1.807) is 18.2 Å². The molecule has 3 N–H and O–H groups in total. The first-order chi connectivity index (χ1) is 10.4. The Morgan fingerprint density at radius 3 is 2.36 bits per heavy atom. The maximum Gasteiger partial charge on any atom is 0.326 e. The molecule has 0 aromatic heterocycles. The second-order valence-electron chi connectivity index (χ2n) is 4.41. The van der Waals surface area contributed by atoms with Crippen LogP contribution in [0.2, 0.25) is 0 Å². The summed E-state index contributed by atoms with van der Waals surface area (Å²) in [6, 6.07) is 3.37. The summed E-state index contributed by atoms with van der Waals surface area (Å²) >= 11 is 0. The number of rotatable bonds is 8. The van der Waals surface area contributed by atoms with Crippen molar-refractivity contribution in [2.45, 2.75) is 18.9 Å². The van der Waals surface area contributed by atoms with Gasteiger partial charge in [-0.1, -0.05) is 6.07 Å². The van der Waals surface area contributed by atoms with E-state index in [9.17, 15) is 14.4 Å². The number of hydrogen-bond acceptors (Lipinski definition) is 5. The lowest BCUT2D eigenvalue weighted by Crippen LogP contribution is -2.42. The smallest absolute Gasteiger partial charge is 0.326 e. The summed E-state index contributed by atoms with van der Waals surface area (Å²) in [5.74, 6) is -2.36. The third-order valence-corrected chi connectivity index (χ3v) is 2.86. The highest BCUT2D eigenvalue weighted by molar-refractivity contribution is 5.87. The molecule has 22 heavy (non-hydrogen) atoms. The molecule has 0 aliphatic heterocycles. The number of aliphatic carboxylic acids is 2. The summed E-state index contributed by atoms with van der Waals surface area (Å²) in [6.45, 7) is 0. The van der Waals surface area contributed by atoms with Crippen LogP contribution in [0.5, 0.6) is 11.5 Å². The van der Waals surface area contributed by atoms with Crippen LogP contribution >= 0.6 is 0 Å². The van der Waals surface area contributed by atoms with Crippen molar-refractivity contribution in [3.8, 4) is 11.5 Å². The van der Waals surface area contributed by atoms with Crippen LogP contribution in [0.3, 0.4) is 0 Å². The number of carboxylic acids is 2. The Labute approximate surface area is 126 Å². The van der Waals surface area contributed by atoms with E-state index in [4.69, 9.17) is 19.7 Å². The molecule has 1 amide bonds. The number of benzene rings is 1. The van der Waals surface area contributed by atoms with E-state index >= 15 is 0 Å². The van der Waals surface area contributed by atoms with Crippen molar-refractivity contribution in [2.24, 2.45) is 0 Å². The van der Waals surface area contributed by atoms with E-state index in [0.717, 1.165) is 0 Å². The molecule has 0 radical (unpaired) electrons. The molecular weight excluding hydrogens is 294 g/mol. The zero-order valence-corrected chi connectivity index (χ0v) is 12.2. The topological polar surface area (TPSA) is 122 Å². The highest BCUT2D eigenvalue weighted by Gasteiger charge is 2.23. The first-order valence-corrected chi connectivity index (χ1v) is 6.32. The second-order valence-corrected chi connectivity index (χ2v) is 4.41. The van der Waals surface area contributed by atoms with Gasteiger partial charge in [-0.15, -0.1) is 0 Å². The fourth-order valence-corrected chi connectivity index (χ4v) is 1.79. The van der Waals surface area contributed by atoms with Gasteiger partial charge < -0.3 is 25.0 Å². The highest BCUT2D eigenvalue weighted by atomic mass is 16.5. The van der Waals surface area contributed by atoms with Crippen LogP contribution in [0.1, 0.15) is 12.0 Å². The van der Waals surface area contributed by atoms with Crippen LogP contribution < -0.4 is 14.8 Å². The van der Waals surface area contributed by atoms with Gasteiger partial charge in [0.25, 0.3) is 0 Å². The molecule has 1 aromatic carbocycles. The number of ether oxygens (including phenoxy) is 2. The summed E-state index contributed by atoms with van der Waals surface area (Å²) in [5.41, 5.74) is 0.528. The van der Waals surface area contributed by atoms with Crippen LogP contribution in [-0.2, 0) is 20.8 Å². The predicted octanol–water partition coefficient (Wildman–Crippen LogP) is 0.290. The van der Waals surface area contributed by atoms with Gasteiger partial charge in [-0.25, -0.2) is 4.79 Å². The Morgan fingerprint density at radius 2 is 1.86 bits per heavy atom. The quantitative estimate of drug-likeness (QED) is 0.630. The van der Waals surface area contributed by atoms with Gasteiger partial charge in [-0.2, -0.15) is 0 Å². The Morgan fingerprint density at radius 1 is 1.18 bits per heavy atom. The molecule has 0 heterocycles. The molecule has 8 nitrogen and oxygen atoms in total. The van der Waals surface area contributed by atoms with Crippen LogP contribution in [0, 0.1) is 0 Å². The fourth-order valence-electron chi connectivity index (χ4n) is 1.79. The van der Waals surface area contributed by atoms with Crippen molar-refractivity contribution in [1.29, 1.82) is 0 Å². The molecule has 1 unspecified atom stereocenters. The van der Waals surface area contributed by atoms with E-state index in [-0.39, 0.29) is 6.42 Å². The number of hydrogen-bond donors (Lipinski definition) is 3. The Balaban J connectivity index is 2.79. The molecule has 1 aromatic rings. The summed E-state index contributed by atoms with van der Waals surface area (Å²) in [4.78, 5) is 33.4. The highest BCUT2D eigenvalue weighted by Crippen LogP contribution is 2.24. The Bertz CT molecular complexity index is 570. The monoisotopic (exact) mass is 311 g/mol. The lowest BCUT2D eigenvalue weighted by atomic mass is 10.1. The van der Waals surface area contributed by atoms with Crippen molar-refractivity contribution in [1.82, 2.24) is 5.32 Å². The van der Waals surface area contributed by atoms with Crippen molar-refractivity contribution in [3.63, 3.8) is 0 Å². The van der Waals surface area contributed by atoms with Gasteiger partial charge in [0.05, 0.1) is 27.1 Å². The minimum atomic E-state index is -1.48. The number of nitrogens with one attached hydrogen (secondary N) is 1. The van der Waals surface area contributed by atoms with Crippen LogP contribution in [0.25, 0.3) is 0 Å². The third kappa shape index (κ3) is 4.97. The summed E-state index contributed by atoms with van der Waals surface area (Å²) in [6.07, 6.45) is -0.836. The molecule has 1 atom stereocenters. The molecule has 0 aliphatic carbocycles. The van der Waals surface area contributed by atoms with E-state index in [0.29, 0.717) is 17.1 Å². The van der Waals surface area contributed by atoms with Crippen molar-refractivity contribution in [2.75, 3.05) is 14.2 Å². The third-order valence-electron chi connectivity index (χ3n) is 2.86. The van der Waals surface area contributed by atoms with E-state index in [1.807, 2.05) is 0 Å². The normalized spacial score (nSPS) is 11.4. The van der Waals surface area contributed by atoms with Gasteiger partial charge in [0.1, 0.15) is 17.5 Å². The van der Waals surface area contributed by atoms with Crippen LogP contribution in [0.4, 0.5) is 0 Å². The van der Waals surface area contributed by atoms with Gasteiger partial charge in [0.15, 0.2) is 0 Å². The first kappa shape index (κ1) is 17.3. The van der Waals surface area contributed by atoms with Crippen molar-refractivity contribution >= 4 is 17.8 Å². The number of methoxy groups -OCH3 is 2. The molecular formula is C14H17NO7. The predicted molar refractivity (Wildman–Crippen MR) is 75.1 cm³/mol. The maximum absolute atomic E-state index is 11.9. The average molecular weight is 311 g/mol. The average Bonchev–Trinajstić information content (AvgIpc) is 2.46. The minimum absolute atomic E-state index is 0.142. The molecule has 1 rings (SSSR count). The number of carbonyl (C=O) groups excluding carboxylic acids is 1. The summed E-state index contributed by atoms with van der Waals surface area (Å²) in [7, 11) is 2.92. The van der Waals surface area contributed by atoms with Gasteiger partial charge in [0.2, 0.25) is 5.91 Å². The van der Waals surface area contributed by atoms with Gasteiger partial charge >= 0.3 is 11.9 Å². The summed E-state index contributed by atoms with van der Waals surface area (Å²) < 4.78 is 10.2. The summed E-state index contributed by atoms with van der Waals surface area (Å²) in [5, 5.41) is 19.7. The molecule has 120 valence electrons. The lowest BCUT2D eigenvalue weighted by Gasteiger charge is -2.14. The van der Waals surface area contributed by atoms with E-state index in [2.05, 4.69) is 5.32 Å². The Hall–Kier alpha value is -2.77. The zero-order valence-electron chi connectivity index (χ0n) is 12.2. The van der Waals surface area contributed by atoms with E-state index < -0.39 is 30.3 Å². The zero-order chi connectivity index (χ0) is 16.7. The second kappa shape index (κ2) is 7.87. The Kier molecular flexibility index (Phi) is 6.18. The molecule has 0 aliphatic rings. The van der Waals surface area contributed by atoms with Crippen molar-refractivity contribution < 1.29 is 34.1 Å². The minimum Gasteiger partial charge on any atom is -0.497 e. The first-order valence-electron chi connectivity index (χ1n) is 6.32. The van der Waals surface area contributed by atoms with Gasteiger partial charge in [0, 0.05) is 11.6 Å². The standard InChI is InChI=1S/C14H17NO7/c1-21-9-4-3-8(11(6-9)22-2)5-12(16)15-10(14(19)20)7-13(17)18/h3-4,6,10H,5,7H2,1-2H3,(H,15,16)(H,17,18)(H,19,20). The van der Waals surface area contributed by atoms with Crippen LogP contribution in [0.15, 0.2) is 18.2 Å². The molecule has 0 saturated heterocycles. The maximum atomic E-state index is 11.9.